The Bertz CT molecular complexity index is 550. The third-order valence-electron chi connectivity index (χ3n) is 1.97. The predicted octanol–water partition coefficient (Wildman–Crippen LogP) is 1.92. The van der Waals surface area contributed by atoms with Crippen LogP contribution in [0, 0.1) is 0 Å². The molecule has 0 bridgehead atoms. The molecule has 16 heavy (non-hydrogen) atoms. The van der Waals surface area contributed by atoms with Crippen LogP contribution in [0.15, 0.2) is 23.6 Å². The third kappa shape index (κ3) is 1.70. The minimum absolute atomic E-state index is 0.0808. The lowest BCUT2D eigenvalue weighted by atomic mass is 10.2. The van der Waals surface area contributed by atoms with Crippen LogP contribution in [-0.4, -0.2) is 26.3 Å². The van der Waals surface area contributed by atoms with E-state index in [9.17, 15) is 15.0 Å². The number of carboxylic acids is 1. The molecule has 3 N–H and O–H groups in total. The summed E-state index contributed by atoms with van der Waals surface area (Å²) in [7, 11) is 0. The van der Waals surface area contributed by atoms with Gasteiger partial charge < -0.3 is 15.3 Å². The normalized spacial score (nSPS) is 10.2. The minimum Gasteiger partial charge on any atom is -0.504 e. The lowest BCUT2D eigenvalue weighted by molar-refractivity contribution is 0.0691. The molecule has 0 radical (unpaired) electrons. The van der Waals surface area contributed by atoms with Gasteiger partial charge in [-0.25, -0.2) is 9.78 Å². The van der Waals surface area contributed by atoms with E-state index in [1.165, 1.54) is 11.4 Å². The quantitative estimate of drug-likeness (QED) is 0.694. The molecule has 0 amide bonds. The first-order chi connectivity index (χ1) is 7.59. The number of carbonyl (C=O) groups is 1. The molecule has 0 saturated heterocycles. The highest BCUT2D eigenvalue weighted by molar-refractivity contribution is 7.13. The van der Waals surface area contributed by atoms with Crippen molar-refractivity contribution in [3.8, 4) is 22.1 Å². The number of thiazole rings is 1. The van der Waals surface area contributed by atoms with Crippen LogP contribution < -0.4 is 0 Å². The van der Waals surface area contributed by atoms with Crippen LogP contribution in [0.3, 0.4) is 0 Å². The van der Waals surface area contributed by atoms with E-state index in [-0.39, 0.29) is 17.2 Å². The van der Waals surface area contributed by atoms with Gasteiger partial charge in [-0.1, -0.05) is 6.07 Å². The van der Waals surface area contributed by atoms with E-state index in [2.05, 4.69) is 4.98 Å². The molecule has 0 fully saturated rings. The van der Waals surface area contributed by atoms with Gasteiger partial charge in [0.1, 0.15) is 5.01 Å². The molecule has 0 saturated carbocycles. The number of benzene rings is 1. The number of phenolic OH excluding ortho intramolecular Hbond substituents is 2. The summed E-state index contributed by atoms with van der Waals surface area (Å²) in [5, 5.41) is 29.3. The number of aromatic hydroxyl groups is 2. The Kier molecular flexibility index (Phi) is 2.49. The Hall–Kier alpha value is -2.08. The molecule has 0 atom stereocenters. The van der Waals surface area contributed by atoms with Crippen molar-refractivity contribution in [3.05, 3.63) is 29.3 Å². The predicted molar refractivity (Wildman–Crippen MR) is 57.8 cm³/mol. The van der Waals surface area contributed by atoms with Crippen LogP contribution >= 0.6 is 11.3 Å². The summed E-state index contributed by atoms with van der Waals surface area (Å²) < 4.78 is 0. The summed E-state index contributed by atoms with van der Waals surface area (Å²) >= 11 is 1.09. The molecule has 0 spiro atoms. The molecule has 0 unspecified atom stereocenters. The topological polar surface area (TPSA) is 90.7 Å². The van der Waals surface area contributed by atoms with Crippen LogP contribution in [0.4, 0.5) is 0 Å². The van der Waals surface area contributed by atoms with Gasteiger partial charge in [0.05, 0.1) is 5.56 Å². The molecule has 82 valence electrons. The average Bonchev–Trinajstić information content (AvgIpc) is 2.71. The smallest absolute Gasteiger partial charge is 0.355 e. The fourth-order valence-corrected chi connectivity index (χ4v) is 2.02. The van der Waals surface area contributed by atoms with E-state index in [4.69, 9.17) is 5.11 Å². The van der Waals surface area contributed by atoms with E-state index in [0.717, 1.165) is 11.3 Å². The third-order valence-corrected chi connectivity index (χ3v) is 2.84. The van der Waals surface area contributed by atoms with Gasteiger partial charge in [-0.15, -0.1) is 11.3 Å². The van der Waals surface area contributed by atoms with E-state index in [1.807, 2.05) is 0 Å². The van der Waals surface area contributed by atoms with Crippen LogP contribution in [0.2, 0.25) is 0 Å². The molecule has 2 rings (SSSR count). The Morgan fingerprint density at radius 2 is 2.06 bits per heavy atom. The fourth-order valence-electron chi connectivity index (χ4n) is 1.20. The molecule has 6 heteroatoms. The summed E-state index contributed by atoms with van der Waals surface area (Å²) in [5.74, 6) is -1.68. The maximum atomic E-state index is 10.6. The number of carboxylic acid groups (broad SMARTS) is 1. The Balaban J connectivity index is 2.50. The van der Waals surface area contributed by atoms with Crippen molar-refractivity contribution >= 4 is 17.3 Å². The van der Waals surface area contributed by atoms with Gasteiger partial charge in [-0.3, -0.25) is 0 Å². The highest BCUT2D eigenvalue weighted by Gasteiger charge is 2.14. The number of para-hydroxylation sites is 1. The zero-order valence-electron chi connectivity index (χ0n) is 7.91. The lowest BCUT2D eigenvalue weighted by Gasteiger charge is -2.01. The second kappa shape index (κ2) is 3.82. The monoisotopic (exact) mass is 237 g/mol. The maximum absolute atomic E-state index is 10.6. The molecule has 0 aliphatic heterocycles. The van der Waals surface area contributed by atoms with Gasteiger partial charge in [-0.2, -0.15) is 0 Å². The van der Waals surface area contributed by atoms with Crippen molar-refractivity contribution < 1.29 is 20.1 Å². The summed E-state index contributed by atoms with van der Waals surface area (Å²) in [6, 6.07) is 4.44. The minimum atomic E-state index is -1.12. The number of hydrogen-bond acceptors (Lipinski definition) is 5. The second-order valence-corrected chi connectivity index (χ2v) is 3.87. The van der Waals surface area contributed by atoms with Gasteiger partial charge >= 0.3 is 5.97 Å². The van der Waals surface area contributed by atoms with Crippen molar-refractivity contribution in [1.29, 1.82) is 0 Å². The van der Waals surface area contributed by atoms with E-state index in [0.29, 0.717) is 10.6 Å². The standard InChI is InChI=1S/C10H7NO4S/c12-7-3-1-2-5(8(7)13)9-11-6(4-16-9)10(14)15/h1-4,12-13H,(H,14,15). The van der Waals surface area contributed by atoms with Crippen molar-refractivity contribution in [2.24, 2.45) is 0 Å². The number of aromatic carboxylic acids is 1. The van der Waals surface area contributed by atoms with Crippen LogP contribution in [0.25, 0.3) is 10.6 Å². The largest absolute Gasteiger partial charge is 0.504 e. The number of hydrogen-bond donors (Lipinski definition) is 3. The highest BCUT2D eigenvalue weighted by Crippen LogP contribution is 2.37. The van der Waals surface area contributed by atoms with Crippen LogP contribution in [0.5, 0.6) is 11.5 Å². The number of phenols is 2. The summed E-state index contributed by atoms with van der Waals surface area (Å²) in [5.41, 5.74) is 0.236. The maximum Gasteiger partial charge on any atom is 0.355 e. The van der Waals surface area contributed by atoms with Gasteiger partial charge in [0.25, 0.3) is 0 Å². The summed E-state index contributed by atoms with van der Waals surface area (Å²) in [4.78, 5) is 14.5. The SMILES string of the molecule is O=C(O)c1csc(-c2cccc(O)c2O)n1. The zero-order chi connectivity index (χ0) is 11.7. The van der Waals surface area contributed by atoms with Crippen LogP contribution in [0.1, 0.15) is 10.5 Å². The first-order valence-corrected chi connectivity index (χ1v) is 5.17. The van der Waals surface area contributed by atoms with Crippen molar-refractivity contribution in [3.63, 3.8) is 0 Å². The molecule has 1 aromatic carbocycles. The summed E-state index contributed by atoms with van der Waals surface area (Å²) in [6.45, 7) is 0. The van der Waals surface area contributed by atoms with Gasteiger partial charge in [-0.05, 0) is 12.1 Å². The summed E-state index contributed by atoms with van der Waals surface area (Å²) in [6.07, 6.45) is 0. The molecule has 5 nitrogen and oxygen atoms in total. The Morgan fingerprint density at radius 3 is 2.69 bits per heavy atom. The Labute approximate surface area is 94.3 Å². The van der Waals surface area contributed by atoms with Crippen molar-refractivity contribution in [2.75, 3.05) is 0 Å². The number of nitrogens with zero attached hydrogens (tertiary/aromatic N) is 1. The Morgan fingerprint density at radius 1 is 1.31 bits per heavy atom. The number of aromatic nitrogens is 1. The average molecular weight is 237 g/mol. The van der Waals surface area contributed by atoms with Crippen LogP contribution in [-0.2, 0) is 0 Å². The molecule has 0 aliphatic rings. The van der Waals surface area contributed by atoms with E-state index in [1.54, 1.807) is 12.1 Å². The first kappa shape index (κ1) is 10.4. The second-order valence-electron chi connectivity index (χ2n) is 3.02. The fraction of sp³-hybridized carbons (Fsp3) is 0. The van der Waals surface area contributed by atoms with Crippen molar-refractivity contribution in [2.45, 2.75) is 0 Å². The van der Waals surface area contributed by atoms with Gasteiger partial charge in [0.2, 0.25) is 0 Å². The van der Waals surface area contributed by atoms with Crippen molar-refractivity contribution in [1.82, 2.24) is 4.98 Å². The van der Waals surface area contributed by atoms with E-state index < -0.39 is 5.97 Å². The molecular formula is C10H7NO4S. The highest BCUT2D eigenvalue weighted by atomic mass is 32.1. The molecular weight excluding hydrogens is 230 g/mol. The molecule has 2 aromatic rings. The van der Waals surface area contributed by atoms with Gasteiger partial charge in [0.15, 0.2) is 17.2 Å². The zero-order valence-corrected chi connectivity index (χ0v) is 8.73. The van der Waals surface area contributed by atoms with Gasteiger partial charge in [0, 0.05) is 5.38 Å². The van der Waals surface area contributed by atoms with E-state index >= 15 is 0 Å². The molecule has 0 aliphatic carbocycles. The first-order valence-electron chi connectivity index (χ1n) is 4.29. The molecule has 1 aromatic heterocycles. The lowest BCUT2D eigenvalue weighted by Crippen LogP contribution is -1.95. The number of rotatable bonds is 2. The molecule has 1 heterocycles.